The van der Waals surface area contributed by atoms with Crippen LogP contribution in [-0.4, -0.2) is 9.97 Å². The van der Waals surface area contributed by atoms with Crippen LogP contribution < -0.4 is 0 Å². The molecule has 2 heterocycles. The van der Waals surface area contributed by atoms with E-state index in [1.165, 1.54) is 4.88 Å². The number of aryl methyl sites for hydroxylation is 2. The minimum absolute atomic E-state index is 0.995. The summed E-state index contributed by atoms with van der Waals surface area (Å²) in [5.41, 5.74) is 4.32. The average Bonchev–Trinajstić information content (AvgIpc) is 2.80. The van der Waals surface area contributed by atoms with Crippen molar-refractivity contribution in [2.24, 2.45) is 0 Å². The third kappa shape index (κ3) is 2.42. The molecule has 0 radical (unpaired) electrons. The molecular formula is C16H14N2S. The zero-order chi connectivity index (χ0) is 13.2. The van der Waals surface area contributed by atoms with E-state index in [1.807, 2.05) is 31.3 Å². The Bertz CT molecular complexity index is 665. The Morgan fingerprint density at radius 3 is 2.26 bits per heavy atom. The lowest BCUT2D eigenvalue weighted by atomic mass is 10.1. The van der Waals surface area contributed by atoms with Crippen LogP contribution in [0.5, 0.6) is 0 Å². The maximum absolute atomic E-state index is 4.56. The smallest absolute Gasteiger partial charge is 0.125 e. The molecule has 3 heteroatoms. The second kappa shape index (κ2) is 4.94. The molecule has 0 aliphatic heterocycles. The van der Waals surface area contributed by atoms with Crippen molar-refractivity contribution >= 4 is 11.3 Å². The number of pyridine rings is 1. The predicted molar refractivity (Wildman–Crippen MR) is 80.3 cm³/mol. The Hall–Kier alpha value is -2.00. The van der Waals surface area contributed by atoms with Gasteiger partial charge in [0, 0.05) is 22.2 Å². The summed E-state index contributed by atoms with van der Waals surface area (Å²) >= 11 is 1.72. The zero-order valence-electron chi connectivity index (χ0n) is 10.9. The van der Waals surface area contributed by atoms with Gasteiger partial charge in [0.15, 0.2) is 0 Å². The molecule has 0 saturated carbocycles. The van der Waals surface area contributed by atoms with E-state index in [4.69, 9.17) is 0 Å². The van der Waals surface area contributed by atoms with Crippen molar-refractivity contribution in [3.63, 3.8) is 0 Å². The second-order valence-electron chi connectivity index (χ2n) is 4.46. The first-order valence-electron chi connectivity index (χ1n) is 6.20. The maximum Gasteiger partial charge on any atom is 0.125 e. The number of aromatic nitrogens is 2. The Kier molecular flexibility index (Phi) is 3.13. The first kappa shape index (κ1) is 12.1. The molecule has 19 heavy (non-hydrogen) atoms. The average molecular weight is 266 g/mol. The van der Waals surface area contributed by atoms with Crippen LogP contribution in [0.2, 0.25) is 0 Å². The van der Waals surface area contributed by atoms with Gasteiger partial charge in [-0.05, 0) is 26.0 Å². The summed E-state index contributed by atoms with van der Waals surface area (Å²) in [7, 11) is 0. The van der Waals surface area contributed by atoms with E-state index < -0.39 is 0 Å². The molecule has 0 N–H and O–H groups in total. The molecule has 0 bridgehead atoms. The van der Waals surface area contributed by atoms with Crippen LogP contribution in [0.4, 0.5) is 0 Å². The van der Waals surface area contributed by atoms with E-state index in [2.05, 4.69) is 41.2 Å². The number of nitrogens with zero attached hydrogens (tertiary/aromatic N) is 2. The van der Waals surface area contributed by atoms with E-state index in [1.54, 1.807) is 11.3 Å². The summed E-state index contributed by atoms with van der Waals surface area (Å²) in [5.74, 6) is 0. The van der Waals surface area contributed by atoms with Gasteiger partial charge in [0.1, 0.15) is 5.01 Å². The number of hydrogen-bond acceptors (Lipinski definition) is 3. The number of rotatable bonds is 2. The fourth-order valence-corrected chi connectivity index (χ4v) is 2.80. The van der Waals surface area contributed by atoms with E-state index in [-0.39, 0.29) is 0 Å². The van der Waals surface area contributed by atoms with Gasteiger partial charge in [-0.25, -0.2) is 4.98 Å². The van der Waals surface area contributed by atoms with Crippen LogP contribution in [0.1, 0.15) is 10.6 Å². The van der Waals surface area contributed by atoms with E-state index in [0.29, 0.717) is 0 Å². The minimum Gasteiger partial charge on any atom is -0.256 e. The lowest BCUT2D eigenvalue weighted by Gasteiger charge is -2.01. The molecular weight excluding hydrogens is 252 g/mol. The SMILES string of the molecule is Cc1nc(-c2ccc(-c3ccccc3)nc2)sc1C. The van der Waals surface area contributed by atoms with Crippen molar-refractivity contribution < 1.29 is 0 Å². The molecule has 94 valence electrons. The van der Waals surface area contributed by atoms with Crippen LogP contribution in [0.15, 0.2) is 48.7 Å². The Morgan fingerprint density at radius 2 is 1.68 bits per heavy atom. The van der Waals surface area contributed by atoms with Gasteiger partial charge in [-0.3, -0.25) is 4.98 Å². The molecule has 0 unspecified atom stereocenters. The minimum atomic E-state index is 0.995. The van der Waals surface area contributed by atoms with Gasteiger partial charge < -0.3 is 0 Å². The fourth-order valence-electron chi connectivity index (χ4n) is 1.90. The monoisotopic (exact) mass is 266 g/mol. The lowest BCUT2D eigenvalue weighted by Crippen LogP contribution is -1.84. The second-order valence-corrected chi connectivity index (χ2v) is 5.66. The molecule has 0 fully saturated rings. The van der Waals surface area contributed by atoms with Crippen molar-refractivity contribution in [2.75, 3.05) is 0 Å². The van der Waals surface area contributed by atoms with Crippen LogP contribution in [0.25, 0.3) is 21.8 Å². The van der Waals surface area contributed by atoms with Crippen LogP contribution >= 0.6 is 11.3 Å². The van der Waals surface area contributed by atoms with Crippen molar-refractivity contribution in [2.45, 2.75) is 13.8 Å². The molecule has 3 rings (SSSR count). The normalized spacial score (nSPS) is 10.6. The van der Waals surface area contributed by atoms with E-state index in [0.717, 1.165) is 27.5 Å². The van der Waals surface area contributed by atoms with Crippen molar-refractivity contribution in [3.8, 4) is 21.8 Å². The van der Waals surface area contributed by atoms with Gasteiger partial charge in [0.2, 0.25) is 0 Å². The highest BCUT2D eigenvalue weighted by Gasteiger charge is 2.07. The number of hydrogen-bond donors (Lipinski definition) is 0. The molecule has 2 aromatic heterocycles. The highest BCUT2D eigenvalue weighted by Crippen LogP contribution is 2.27. The van der Waals surface area contributed by atoms with Crippen molar-refractivity contribution in [1.29, 1.82) is 0 Å². The van der Waals surface area contributed by atoms with Crippen molar-refractivity contribution in [1.82, 2.24) is 9.97 Å². The molecule has 0 spiro atoms. The topological polar surface area (TPSA) is 25.8 Å². The fraction of sp³-hybridized carbons (Fsp3) is 0.125. The Labute approximate surface area is 116 Å². The maximum atomic E-state index is 4.56. The summed E-state index contributed by atoms with van der Waals surface area (Å²) in [6.07, 6.45) is 1.90. The molecule has 0 aliphatic carbocycles. The van der Waals surface area contributed by atoms with Crippen LogP contribution in [-0.2, 0) is 0 Å². The summed E-state index contributed by atoms with van der Waals surface area (Å²) in [4.78, 5) is 10.4. The van der Waals surface area contributed by atoms with Gasteiger partial charge in [0.05, 0.1) is 11.4 Å². The Morgan fingerprint density at radius 1 is 0.895 bits per heavy atom. The van der Waals surface area contributed by atoms with E-state index in [9.17, 15) is 0 Å². The summed E-state index contributed by atoms with van der Waals surface area (Å²) < 4.78 is 0. The zero-order valence-corrected chi connectivity index (χ0v) is 11.7. The highest BCUT2D eigenvalue weighted by atomic mass is 32.1. The number of thiazole rings is 1. The van der Waals surface area contributed by atoms with Gasteiger partial charge >= 0.3 is 0 Å². The first-order chi connectivity index (χ1) is 9.24. The third-order valence-electron chi connectivity index (χ3n) is 3.11. The predicted octanol–water partition coefficient (Wildman–Crippen LogP) is 4.49. The largest absolute Gasteiger partial charge is 0.256 e. The lowest BCUT2D eigenvalue weighted by molar-refractivity contribution is 1.22. The molecule has 3 aromatic rings. The van der Waals surface area contributed by atoms with Gasteiger partial charge in [0.25, 0.3) is 0 Å². The standard InChI is InChI=1S/C16H14N2S/c1-11-12(2)19-16(18-11)14-8-9-15(17-10-14)13-6-4-3-5-7-13/h3-10H,1-2H3. The molecule has 1 aromatic carbocycles. The van der Waals surface area contributed by atoms with Gasteiger partial charge in [-0.15, -0.1) is 11.3 Å². The van der Waals surface area contributed by atoms with Crippen LogP contribution in [0.3, 0.4) is 0 Å². The third-order valence-corrected chi connectivity index (χ3v) is 4.23. The summed E-state index contributed by atoms with van der Waals surface area (Å²) in [5, 5.41) is 1.04. The highest BCUT2D eigenvalue weighted by molar-refractivity contribution is 7.15. The Balaban J connectivity index is 1.95. The number of benzene rings is 1. The molecule has 0 atom stereocenters. The quantitative estimate of drug-likeness (QED) is 0.683. The van der Waals surface area contributed by atoms with Gasteiger partial charge in [-0.2, -0.15) is 0 Å². The van der Waals surface area contributed by atoms with Crippen molar-refractivity contribution in [3.05, 3.63) is 59.2 Å². The molecule has 2 nitrogen and oxygen atoms in total. The summed E-state index contributed by atoms with van der Waals surface area (Å²) in [6.45, 7) is 4.14. The molecule has 0 aliphatic rings. The van der Waals surface area contributed by atoms with Gasteiger partial charge in [-0.1, -0.05) is 30.3 Å². The first-order valence-corrected chi connectivity index (χ1v) is 7.01. The van der Waals surface area contributed by atoms with E-state index >= 15 is 0 Å². The molecule has 0 saturated heterocycles. The van der Waals surface area contributed by atoms with Crippen LogP contribution in [0, 0.1) is 13.8 Å². The molecule has 0 amide bonds. The summed E-state index contributed by atoms with van der Waals surface area (Å²) in [6, 6.07) is 14.3.